The highest BCUT2D eigenvalue weighted by Crippen LogP contribution is 2.18. The molecule has 0 saturated heterocycles. The number of hydrogen-bond donors (Lipinski definition) is 0. The number of ether oxygens (including phenoxy) is 3. The summed E-state index contributed by atoms with van der Waals surface area (Å²) in [6, 6.07) is 0. The molecule has 462 valence electrons. The zero-order chi connectivity index (χ0) is 57.8. The molecule has 0 rings (SSSR count). The van der Waals surface area contributed by atoms with E-state index in [1.807, 2.05) is 0 Å². The fourth-order valence-corrected chi connectivity index (χ4v) is 10.0. The van der Waals surface area contributed by atoms with Crippen molar-refractivity contribution in [1.82, 2.24) is 0 Å². The van der Waals surface area contributed by atoms with Gasteiger partial charge in [-0.15, -0.1) is 0 Å². The van der Waals surface area contributed by atoms with E-state index in [1.165, 1.54) is 173 Å². The molecule has 0 radical (unpaired) electrons. The second-order valence-electron chi connectivity index (χ2n) is 23.0. The van der Waals surface area contributed by atoms with Gasteiger partial charge in [0.15, 0.2) is 6.10 Å². The molecule has 0 bridgehead atoms. The molecule has 0 fully saturated rings. The Labute approximate surface area is 496 Å². The maximum absolute atomic E-state index is 12.9. The van der Waals surface area contributed by atoms with Gasteiger partial charge >= 0.3 is 17.9 Å². The SMILES string of the molecule is CC/C=C\C/C=C\C/C=C\C/C=C\CCCCCCC(=O)OC(COC(=O)CCCCCCC/C=C\C/C=C\C/C=C\CC)COC(=O)CCCCCCCCCCCCCCCCCCCCCCCCCCCCCCCC. The van der Waals surface area contributed by atoms with Crippen LogP contribution in [-0.2, 0) is 28.6 Å². The Morgan fingerprint density at radius 2 is 0.487 bits per heavy atom. The van der Waals surface area contributed by atoms with E-state index in [4.69, 9.17) is 14.2 Å². The van der Waals surface area contributed by atoms with Crippen molar-refractivity contribution >= 4 is 17.9 Å². The maximum atomic E-state index is 12.9. The summed E-state index contributed by atoms with van der Waals surface area (Å²) < 4.78 is 16.9. The third kappa shape index (κ3) is 65.4. The van der Waals surface area contributed by atoms with Crippen molar-refractivity contribution in [1.29, 1.82) is 0 Å². The molecular formula is C74H130O6. The first-order valence-corrected chi connectivity index (χ1v) is 34.6. The van der Waals surface area contributed by atoms with Crippen LogP contribution in [0.3, 0.4) is 0 Å². The van der Waals surface area contributed by atoms with Crippen LogP contribution in [0.25, 0.3) is 0 Å². The van der Waals surface area contributed by atoms with Crippen LogP contribution in [0.4, 0.5) is 0 Å². The lowest BCUT2D eigenvalue weighted by Gasteiger charge is -2.18. The van der Waals surface area contributed by atoms with Gasteiger partial charge in [-0.1, -0.05) is 324 Å². The van der Waals surface area contributed by atoms with Crippen LogP contribution >= 0.6 is 0 Å². The van der Waals surface area contributed by atoms with E-state index in [2.05, 4.69) is 106 Å². The van der Waals surface area contributed by atoms with Crippen LogP contribution in [0.2, 0.25) is 0 Å². The molecule has 0 aromatic rings. The quantitative estimate of drug-likeness (QED) is 0.0261. The van der Waals surface area contributed by atoms with Gasteiger partial charge in [0.1, 0.15) is 13.2 Å². The van der Waals surface area contributed by atoms with Gasteiger partial charge in [0.2, 0.25) is 0 Å². The first-order chi connectivity index (χ1) is 39.5. The first kappa shape index (κ1) is 76.6. The largest absolute Gasteiger partial charge is 0.462 e. The van der Waals surface area contributed by atoms with Crippen LogP contribution in [0.5, 0.6) is 0 Å². The Kier molecular flexibility index (Phi) is 65.2. The molecule has 0 aliphatic heterocycles. The van der Waals surface area contributed by atoms with Gasteiger partial charge in [0.05, 0.1) is 0 Å². The Hall–Kier alpha value is -3.41. The second kappa shape index (κ2) is 68.1. The van der Waals surface area contributed by atoms with Crippen LogP contribution in [0, 0.1) is 0 Å². The van der Waals surface area contributed by atoms with E-state index >= 15 is 0 Å². The summed E-state index contributed by atoms with van der Waals surface area (Å²) in [4.78, 5) is 38.4. The Bertz CT molecular complexity index is 1520. The summed E-state index contributed by atoms with van der Waals surface area (Å²) in [5.74, 6) is -0.917. The van der Waals surface area contributed by atoms with E-state index < -0.39 is 6.10 Å². The predicted octanol–water partition coefficient (Wildman–Crippen LogP) is 23.8. The van der Waals surface area contributed by atoms with Gasteiger partial charge in [-0.3, -0.25) is 14.4 Å². The molecule has 1 unspecified atom stereocenters. The molecule has 0 saturated carbocycles. The van der Waals surface area contributed by atoms with Gasteiger partial charge in [-0.05, 0) is 89.9 Å². The fraction of sp³-hybridized carbons (Fsp3) is 0.770. The number of allylic oxidation sites excluding steroid dienone is 14. The van der Waals surface area contributed by atoms with Crippen molar-refractivity contribution < 1.29 is 28.6 Å². The van der Waals surface area contributed by atoms with Crippen molar-refractivity contribution in [3.8, 4) is 0 Å². The molecule has 0 N–H and O–H groups in total. The normalized spacial score (nSPS) is 12.6. The summed E-state index contributed by atoms with van der Waals surface area (Å²) in [7, 11) is 0. The summed E-state index contributed by atoms with van der Waals surface area (Å²) in [5, 5.41) is 0. The van der Waals surface area contributed by atoms with Gasteiger partial charge in [0.25, 0.3) is 0 Å². The van der Waals surface area contributed by atoms with Crippen molar-refractivity contribution in [3.63, 3.8) is 0 Å². The first-order valence-electron chi connectivity index (χ1n) is 34.6. The smallest absolute Gasteiger partial charge is 0.306 e. The molecule has 1 atom stereocenters. The average molecular weight is 1120 g/mol. The van der Waals surface area contributed by atoms with Crippen LogP contribution < -0.4 is 0 Å². The summed E-state index contributed by atoms with van der Waals surface area (Å²) in [5.41, 5.74) is 0. The molecule has 0 heterocycles. The zero-order valence-corrected chi connectivity index (χ0v) is 53.1. The van der Waals surface area contributed by atoms with E-state index in [0.29, 0.717) is 19.3 Å². The van der Waals surface area contributed by atoms with Crippen LogP contribution in [0.15, 0.2) is 85.1 Å². The number of rotatable bonds is 63. The Balaban J connectivity index is 4.23. The molecule has 80 heavy (non-hydrogen) atoms. The van der Waals surface area contributed by atoms with Crippen LogP contribution in [-0.4, -0.2) is 37.2 Å². The summed E-state index contributed by atoms with van der Waals surface area (Å²) >= 11 is 0. The number of carbonyl (C=O) groups excluding carboxylic acids is 3. The molecule has 6 nitrogen and oxygen atoms in total. The van der Waals surface area contributed by atoms with Gasteiger partial charge in [0, 0.05) is 19.3 Å². The molecule has 0 amide bonds. The molecule has 0 aromatic carbocycles. The van der Waals surface area contributed by atoms with E-state index in [9.17, 15) is 14.4 Å². The van der Waals surface area contributed by atoms with Gasteiger partial charge in [-0.25, -0.2) is 0 Å². The molecule has 0 aliphatic rings. The maximum Gasteiger partial charge on any atom is 0.306 e. The monoisotopic (exact) mass is 1110 g/mol. The topological polar surface area (TPSA) is 78.9 Å². The minimum Gasteiger partial charge on any atom is -0.462 e. The number of unbranched alkanes of at least 4 members (excludes halogenated alkanes) is 38. The average Bonchev–Trinajstić information content (AvgIpc) is 3.46. The number of esters is 3. The van der Waals surface area contributed by atoms with Crippen molar-refractivity contribution in [2.75, 3.05) is 13.2 Å². The number of hydrogen-bond acceptors (Lipinski definition) is 6. The molecule has 6 heteroatoms. The molecule has 0 aromatic heterocycles. The Morgan fingerprint density at radius 1 is 0.263 bits per heavy atom. The van der Waals surface area contributed by atoms with E-state index in [-0.39, 0.29) is 31.1 Å². The highest BCUT2D eigenvalue weighted by molar-refractivity contribution is 5.71. The third-order valence-corrected chi connectivity index (χ3v) is 15.1. The Morgan fingerprint density at radius 3 is 0.762 bits per heavy atom. The molecular weight excluding hydrogens is 985 g/mol. The lowest BCUT2D eigenvalue weighted by Crippen LogP contribution is -2.30. The van der Waals surface area contributed by atoms with Crippen LogP contribution in [0.1, 0.15) is 348 Å². The van der Waals surface area contributed by atoms with Gasteiger partial charge in [-0.2, -0.15) is 0 Å². The minimum atomic E-state index is -0.798. The van der Waals surface area contributed by atoms with E-state index in [1.54, 1.807) is 0 Å². The van der Waals surface area contributed by atoms with Crippen molar-refractivity contribution in [2.45, 2.75) is 354 Å². The highest BCUT2D eigenvalue weighted by atomic mass is 16.6. The lowest BCUT2D eigenvalue weighted by atomic mass is 10.0. The summed E-state index contributed by atoms with van der Waals surface area (Å²) in [6.45, 7) is 6.43. The highest BCUT2D eigenvalue weighted by Gasteiger charge is 2.19. The van der Waals surface area contributed by atoms with E-state index in [0.717, 1.165) is 135 Å². The zero-order valence-electron chi connectivity index (χ0n) is 53.1. The molecule has 0 aliphatic carbocycles. The second-order valence-corrected chi connectivity index (χ2v) is 23.0. The molecule has 0 spiro atoms. The fourth-order valence-electron chi connectivity index (χ4n) is 10.0. The predicted molar refractivity (Wildman–Crippen MR) is 348 cm³/mol. The van der Waals surface area contributed by atoms with Crippen molar-refractivity contribution in [2.24, 2.45) is 0 Å². The summed E-state index contributed by atoms with van der Waals surface area (Å²) in [6.07, 6.45) is 90.5. The van der Waals surface area contributed by atoms with Gasteiger partial charge < -0.3 is 14.2 Å². The number of carbonyl (C=O) groups is 3. The van der Waals surface area contributed by atoms with Crippen molar-refractivity contribution in [3.05, 3.63) is 85.1 Å². The lowest BCUT2D eigenvalue weighted by molar-refractivity contribution is -0.167. The third-order valence-electron chi connectivity index (χ3n) is 15.1. The standard InChI is InChI=1S/C74H130O6/c1-4-7-10-13-16-19-22-25-28-30-31-32-33-34-35-36-37-38-39-40-41-42-44-46-49-52-55-58-61-64-67-73(76)79-70-71(69-78-72(75)66-63-60-57-54-51-48-45-27-24-21-18-15-12-9-6-3)80-74(77)68-65-62-59-56-53-50-47-43-29-26-23-20-17-14-11-8-5-2/h8-9,11-12,17-18,20-21,26-27,29,45,47,50,71H,4-7,10,13-16,19,22-25,28,30-44,46,48-49,51-70H2,1-3H3/b11-8-,12-9-,20-17-,21-18-,29-26-,45-27-,50-47-. The minimum absolute atomic E-state index is 0.0899.